The third-order valence-corrected chi connectivity index (χ3v) is 3.69. The van der Waals surface area contributed by atoms with Crippen molar-refractivity contribution < 1.29 is 19.0 Å². The van der Waals surface area contributed by atoms with Gasteiger partial charge in [-0.2, -0.15) is 0 Å². The number of aromatic nitrogens is 1. The topological polar surface area (TPSA) is 57.7 Å². The molecule has 0 amide bonds. The lowest BCUT2D eigenvalue weighted by molar-refractivity contribution is -0.144. The van der Waals surface area contributed by atoms with Crippen LogP contribution in [0.15, 0.2) is 12.1 Å². The van der Waals surface area contributed by atoms with Gasteiger partial charge in [0.25, 0.3) is 0 Å². The van der Waals surface area contributed by atoms with Gasteiger partial charge in [0.05, 0.1) is 31.4 Å². The molecule has 5 nitrogen and oxygen atoms in total. The van der Waals surface area contributed by atoms with E-state index in [1.165, 1.54) is 0 Å². The molecule has 0 N–H and O–H groups in total. The zero-order chi connectivity index (χ0) is 14.1. The minimum absolute atomic E-state index is 0.0451. The van der Waals surface area contributed by atoms with Crippen LogP contribution in [0.4, 0.5) is 0 Å². The lowest BCUT2D eigenvalue weighted by Gasteiger charge is -2.27. The molecule has 6 heteroatoms. The zero-order valence-corrected chi connectivity index (χ0v) is 11.9. The molecule has 2 atom stereocenters. The first kappa shape index (κ1) is 13.6. The Morgan fingerprint density at radius 3 is 2.95 bits per heavy atom. The highest BCUT2D eigenvalue weighted by Gasteiger charge is 2.48. The second-order valence-corrected chi connectivity index (χ2v) is 5.38. The molecule has 2 heterocycles. The molecule has 1 aliphatic carbocycles. The van der Waals surface area contributed by atoms with Gasteiger partial charge < -0.3 is 14.2 Å². The lowest BCUT2D eigenvalue weighted by atomic mass is 10.2. The fourth-order valence-electron chi connectivity index (χ4n) is 2.27. The monoisotopic (exact) mass is 297 g/mol. The van der Waals surface area contributed by atoms with E-state index in [0.717, 1.165) is 12.1 Å². The standard InChI is InChI=1S/C14H16ClNO4/c1-2-19-14(17)10-5-9(10)13-11(3-4-12(15)16-13)20-8-6-18-7-8/h3-4,8-10H,2,5-7H2,1H3/t9-,10-/m0/s1. The van der Waals surface area contributed by atoms with Gasteiger partial charge in [0.2, 0.25) is 0 Å². The average molecular weight is 298 g/mol. The van der Waals surface area contributed by atoms with Gasteiger partial charge in [0, 0.05) is 5.92 Å². The van der Waals surface area contributed by atoms with E-state index in [4.69, 9.17) is 25.8 Å². The van der Waals surface area contributed by atoms with E-state index in [9.17, 15) is 4.79 Å². The second-order valence-electron chi connectivity index (χ2n) is 5.00. The van der Waals surface area contributed by atoms with E-state index in [2.05, 4.69) is 4.98 Å². The summed E-state index contributed by atoms with van der Waals surface area (Å²) in [6.07, 6.45) is 0.806. The summed E-state index contributed by atoms with van der Waals surface area (Å²) in [7, 11) is 0. The van der Waals surface area contributed by atoms with E-state index >= 15 is 0 Å². The molecule has 0 spiro atoms. The van der Waals surface area contributed by atoms with Gasteiger partial charge in [-0.25, -0.2) is 4.98 Å². The highest BCUT2D eigenvalue weighted by Crippen LogP contribution is 2.50. The molecule has 3 rings (SSSR count). The van der Waals surface area contributed by atoms with Crippen molar-refractivity contribution in [1.29, 1.82) is 0 Å². The SMILES string of the molecule is CCOC(=O)[C@H]1C[C@@H]1c1nc(Cl)ccc1OC1COC1. The number of hydrogen-bond donors (Lipinski definition) is 0. The summed E-state index contributed by atoms with van der Waals surface area (Å²) in [6, 6.07) is 3.51. The van der Waals surface area contributed by atoms with E-state index < -0.39 is 0 Å². The molecule has 1 saturated heterocycles. The number of carbonyl (C=O) groups excluding carboxylic acids is 1. The summed E-state index contributed by atoms with van der Waals surface area (Å²) in [5.41, 5.74) is 0.752. The molecule has 1 saturated carbocycles. The maximum atomic E-state index is 11.7. The normalized spacial score (nSPS) is 24.9. The Balaban J connectivity index is 1.74. The number of esters is 1. The number of halogens is 1. The molecular weight excluding hydrogens is 282 g/mol. The molecule has 2 fully saturated rings. The summed E-state index contributed by atoms with van der Waals surface area (Å²) in [6.45, 7) is 3.38. The summed E-state index contributed by atoms with van der Waals surface area (Å²) in [4.78, 5) is 16.1. The molecule has 1 aromatic heterocycles. The van der Waals surface area contributed by atoms with Crippen molar-refractivity contribution in [1.82, 2.24) is 4.98 Å². The summed E-state index contributed by atoms with van der Waals surface area (Å²) in [5.74, 6) is 0.446. The number of carbonyl (C=O) groups is 1. The number of pyridine rings is 1. The highest BCUT2D eigenvalue weighted by atomic mass is 35.5. The molecule has 0 unspecified atom stereocenters. The number of ether oxygens (including phenoxy) is 3. The maximum Gasteiger partial charge on any atom is 0.309 e. The largest absolute Gasteiger partial charge is 0.484 e. The maximum absolute atomic E-state index is 11.7. The molecule has 20 heavy (non-hydrogen) atoms. The van der Waals surface area contributed by atoms with Crippen molar-refractivity contribution in [3.05, 3.63) is 23.0 Å². The van der Waals surface area contributed by atoms with E-state index in [1.807, 2.05) is 6.07 Å². The van der Waals surface area contributed by atoms with Gasteiger partial charge in [-0.3, -0.25) is 4.79 Å². The van der Waals surface area contributed by atoms with Crippen molar-refractivity contribution in [3.63, 3.8) is 0 Å². The fourth-order valence-corrected chi connectivity index (χ4v) is 2.43. The van der Waals surface area contributed by atoms with Crippen LogP contribution in [0, 0.1) is 5.92 Å². The average Bonchev–Trinajstić information content (AvgIpc) is 3.15. The number of hydrogen-bond acceptors (Lipinski definition) is 5. The van der Waals surface area contributed by atoms with E-state index in [0.29, 0.717) is 30.7 Å². The third-order valence-electron chi connectivity index (χ3n) is 3.48. The van der Waals surface area contributed by atoms with Gasteiger partial charge >= 0.3 is 5.97 Å². The van der Waals surface area contributed by atoms with E-state index in [-0.39, 0.29) is 23.9 Å². The molecule has 0 aromatic carbocycles. The minimum atomic E-state index is -0.169. The van der Waals surface area contributed by atoms with Crippen LogP contribution >= 0.6 is 11.6 Å². The van der Waals surface area contributed by atoms with Crippen molar-refractivity contribution >= 4 is 17.6 Å². The number of rotatable bonds is 5. The Hall–Kier alpha value is -1.33. The van der Waals surface area contributed by atoms with Crippen LogP contribution in [0.1, 0.15) is 25.0 Å². The Kier molecular flexibility index (Phi) is 3.81. The van der Waals surface area contributed by atoms with Crippen LogP contribution in [0.2, 0.25) is 5.15 Å². The van der Waals surface area contributed by atoms with Gasteiger partial charge in [0.1, 0.15) is 17.0 Å². The Bertz CT molecular complexity index is 518. The highest BCUT2D eigenvalue weighted by molar-refractivity contribution is 6.29. The first-order valence-corrected chi connectivity index (χ1v) is 7.14. The Labute approximate surface area is 122 Å². The zero-order valence-electron chi connectivity index (χ0n) is 11.2. The summed E-state index contributed by atoms with van der Waals surface area (Å²) >= 11 is 5.95. The Morgan fingerprint density at radius 1 is 1.50 bits per heavy atom. The lowest BCUT2D eigenvalue weighted by Crippen LogP contribution is -2.38. The van der Waals surface area contributed by atoms with Crippen LogP contribution in [0.25, 0.3) is 0 Å². The predicted octanol–water partition coefficient (Wildman–Crippen LogP) is 2.18. The van der Waals surface area contributed by atoms with Crippen LogP contribution in [-0.4, -0.2) is 36.9 Å². The van der Waals surface area contributed by atoms with E-state index in [1.54, 1.807) is 13.0 Å². The van der Waals surface area contributed by atoms with Gasteiger partial charge in [-0.15, -0.1) is 0 Å². The Morgan fingerprint density at radius 2 is 2.30 bits per heavy atom. The molecule has 0 bridgehead atoms. The van der Waals surface area contributed by atoms with Gasteiger partial charge in [0.15, 0.2) is 0 Å². The molecule has 0 radical (unpaired) electrons. The van der Waals surface area contributed by atoms with Crippen LogP contribution < -0.4 is 4.74 Å². The predicted molar refractivity (Wildman–Crippen MR) is 72.0 cm³/mol. The summed E-state index contributed by atoms with van der Waals surface area (Å²) in [5, 5.41) is 0.409. The molecular formula is C14H16ClNO4. The number of nitrogens with zero attached hydrogens (tertiary/aromatic N) is 1. The van der Waals surface area contributed by atoms with Crippen molar-refractivity contribution in [3.8, 4) is 5.75 Å². The van der Waals surface area contributed by atoms with Crippen molar-refractivity contribution in [2.45, 2.75) is 25.4 Å². The molecule has 108 valence electrons. The third kappa shape index (κ3) is 2.74. The molecule has 2 aliphatic rings. The second kappa shape index (κ2) is 5.58. The molecule has 1 aliphatic heterocycles. The quantitative estimate of drug-likeness (QED) is 0.616. The van der Waals surface area contributed by atoms with Gasteiger partial charge in [-0.1, -0.05) is 11.6 Å². The van der Waals surface area contributed by atoms with Gasteiger partial charge in [-0.05, 0) is 25.5 Å². The molecule has 1 aromatic rings. The van der Waals surface area contributed by atoms with Crippen molar-refractivity contribution in [2.24, 2.45) is 5.92 Å². The minimum Gasteiger partial charge on any atom is -0.484 e. The first-order chi connectivity index (χ1) is 9.69. The smallest absolute Gasteiger partial charge is 0.309 e. The fraction of sp³-hybridized carbons (Fsp3) is 0.571. The van der Waals surface area contributed by atoms with Crippen LogP contribution in [0.5, 0.6) is 5.75 Å². The van der Waals surface area contributed by atoms with Crippen molar-refractivity contribution in [2.75, 3.05) is 19.8 Å². The summed E-state index contributed by atoms with van der Waals surface area (Å²) < 4.78 is 16.0. The van der Waals surface area contributed by atoms with Crippen LogP contribution in [0.3, 0.4) is 0 Å². The first-order valence-electron chi connectivity index (χ1n) is 6.76. The van der Waals surface area contributed by atoms with Crippen LogP contribution in [-0.2, 0) is 14.3 Å².